The number of esters is 4. The minimum absolute atomic E-state index is 0.108. The number of aliphatic hydroxyl groups is 1. The van der Waals surface area contributed by atoms with Gasteiger partial charge in [-0.2, -0.15) is 0 Å². The van der Waals surface area contributed by atoms with Crippen LogP contribution in [-0.4, -0.2) is 96.7 Å². The Morgan fingerprint density at radius 2 is 0.457 bits per heavy atom. The van der Waals surface area contributed by atoms with Gasteiger partial charge in [0.15, 0.2) is 12.2 Å². The first-order valence-electron chi connectivity index (χ1n) is 44.7. The lowest BCUT2D eigenvalue weighted by atomic mass is 9.99. The van der Waals surface area contributed by atoms with Gasteiger partial charge in [0.05, 0.1) is 26.4 Å². The van der Waals surface area contributed by atoms with E-state index in [1.54, 1.807) is 0 Å². The SMILES string of the molecule is CCCCCCCCCCCCCCCCCCCCCCC(=O)OC[C@H](COP(=O)(O)OC[C@@H](O)COP(=O)(O)OC[C@@H](COC(=O)CCCCCCCCCC)OC(=O)CCCCCCCCCCCCCCCCC)OC(=O)CCCCCCCCCCCCCCCCCCCCC(C)CC. The van der Waals surface area contributed by atoms with Gasteiger partial charge in [-0.15, -0.1) is 0 Å². The van der Waals surface area contributed by atoms with E-state index in [9.17, 15) is 43.2 Å². The topological polar surface area (TPSA) is 237 Å². The normalized spacial score (nSPS) is 14.0. The number of ether oxygens (including phenoxy) is 4. The van der Waals surface area contributed by atoms with Gasteiger partial charge in [-0.05, 0) is 31.6 Å². The molecule has 105 heavy (non-hydrogen) atoms. The van der Waals surface area contributed by atoms with Gasteiger partial charge in [0.2, 0.25) is 0 Å². The first-order valence-corrected chi connectivity index (χ1v) is 47.7. The van der Waals surface area contributed by atoms with E-state index in [-0.39, 0.29) is 25.7 Å². The van der Waals surface area contributed by atoms with Crippen molar-refractivity contribution in [2.45, 2.75) is 483 Å². The van der Waals surface area contributed by atoms with Crippen LogP contribution in [0.5, 0.6) is 0 Å². The van der Waals surface area contributed by atoms with E-state index in [1.807, 2.05) is 0 Å². The summed E-state index contributed by atoms with van der Waals surface area (Å²) in [7, 11) is -9.92. The number of hydrogen-bond acceptors (Lipinski definition) is 15. The number of carbonyl (C=O) groups is 4. The van der Waals surface area contributed by atoms with Crippen LogP contribution in [-0.2, 0) is 65.4 Å². The molecule has 0 aliphatic rings. The highest BCUT2D eigenvalue weighted by Crippen LogP contribution is 2.45. The van der Waals surface area contributed by atoms with Gasteiger partial charge in [-0.3, -0.25) is 37.3 Å². The standard InChI is InChI=1S/C86H168O17P2/c1-6-10-13-16-19-22-24-26-28-29-30-31-35-39-42-46-50-55-60-65-70-84(89)97-76-82(103-86(91)72-67-62-57-52-48-44-40-36-33-32-34-38-41-45-49-53-58-63-68-79(5)9-4)78-101-105(94,95)99-74-80(87)73-98-104(92,93)100-77-81(75-96-83(88)69-64-59-54-21-18-15-12-8-3)102-85(90)71-66-61-56-51-47-43-37-27-25-23-20-17-14-11-7-2/h79-82,87H,6-78H2,1-5H3,(H,92,93)(H,94,95)/t79?,80-,81+,82+/m0/s1. The van der Waals surface area contributed by atoms with E-state index < -0.39 is 97.5 Å². The lowest BCUT2D eigenvalue weighted by molar-refractivity contribution is -0.161. The number of aliphatic hydroxyl groups excluding tert-OH is 1. The zero-order chi connectivity index (χ0) is 76.9. The van der Waals surface area contributed by atoms with Crippen molar-refractivity contribution >= 4 is 39.5 Å². The molecule has 0 aliphatic carbocycles. The third-order valence-electron chi connectivity index (χ3n) is 20.6. The Morgan fingerprint density at radius 3 is 0.676 bits per heavy atom. The molecule has 0 bridgehead atoms. The molecule has 17 nitrogen and oxygen atoms in total. The van der Waals surface area contributed by atoms with Crippen molar-refractivity contribution in [3.63, 3.8) is 0 Å². The molecule has 0 aromatic rings. The molecular weight excluding hydrogens is 1370 g/mol. The average Bonchev–Trinajstić information content (AvgIpc) is 0.922. The Bertz CT molecular complexity index is 2000. The molecule has 0 aromatic carbocycles. The van der Waals surface area contributed by atoms with E-state index in [1.165, 1.54) is 289 Å². The quantitative estimate of drug-likeness (QED) is 0.0222. The van der Waals surface area contributed by atoms with Crippen LogP contribution in [0.4, 0.5) is 0 Å². The molecule has 0 rings (SSSR count). The van der Waals surface area contributed by atoms with Gasteiger partial charge >= 0.3 is 39.5 Å². The molecule has 0 saturated heterocycles. The van der Waals surface area contributed by atoms with Crippen LogP contribution in [0.25, 0.3) is 0 Å². The molecule has 0 aliphatic heterocycles. The van der Waals surface area contributed by atoms with Gasteiger partial charge in [-0.25, -0.2) is 9.13 Å². The maximum absolute atomic E-state index is 13.1. The zero-order valence-corrected chi connectivity index (χ0v) is 70.7. The Balaban J connectivity index is 5.18. The maximum atomic E-state index is 13.1. The van der Waals surface area contributed by atoms with Crippen molar-refractivity contribution in [3.05, 3.63) is 0 Å². The summed E-state index contributed by atoms with van der Waals surface area (Å²) in [5.41, 5.74) is 0. The van der Waals surface area contributed by atoms with Crippen LogP contribution in [0.1, 0.15) is 465 Å². The fourth-order valence-electron chi connectivity index (χ4n) is 13.4. The molecule has 0 amide bonds. The number of phosphoric ester groups is 2. The second-order valence-electron chi connectivity index (χ2n) is 31.2. The van der Waals surface area contributed by atoms with Gasteiger partial charge in [0.1, 0.15) is 19.3 Å². The molecule has 6 atom stereocenters. The first-order chi connectivity index (χ1) is 51.1. The van der Waals surface area contributed by atoms with Crippen LogP contribution in [0.2, 0.25) is 0 Å². The Hall–Kier alpha value is -1.94. The third kappa shape index (κ3) is 78.5. The summed E-state index contributed by atoms with van der Waals surface area (Å²) >= 11 is 0. The molecule has 3 unspecified atom stereocenters. The number of phosphoric acid groups is 2. The highest BCUT2D eigenvalue weighted by atomic mass is 31.2. The second kappa shape index (κ2) is 78.7. The van der Waals surface area contributed by atoms with Crippen LogP contribution in [0.3, 0.4) is 0 Å². The van der Waals surface area contributed by atoms with E-state index >= 15 is 0 Å². The first kappa shape index (κ1) is 103. The van der Waals surface area contributed by atoms with Crippen LogP contribution in [0, 0.1) is 5.92 Å². The second-order valence-corrected chi connectivity index (χ2v) is 34.1. The Morgan fingerprint density at radius 1 is 0.267 bits per heavy atom. The van der Waals surface area contributed by atoms with Gasteiger partial charge in [0, 0.05) is 25.7 Å². The Labute approximate surface area is 645 Å². The van der Waals surface area contributed by atoms with E-state index in [4.69, 9.17) is 37.0 Å². The van der Waals surface area contributed by atoms with Crippen molar-refractivity contribution < 1.29 is 80.2 Å². The van der Waals surface area contributed by atoms with Gasteiger partial charge < -0.3 is 33.8 Å². The summed E-state index contributed by atoms with van der Waals surface area (Å²) < 4.78 is 68.8. The lowest BCUT2D eigenvalue weighted by Crippen LogP contribution is -2.30. The van der Waals surface area contributed by atoms with Crippen LogP contribution in [0.15, 0.2) is 0 Å². The molecule has 0 fully saturated rings. The monoisotopic (exact) mass is 1540 g/mol. The van der Waals surface area contributed by atoms with Crippen molar-refractivity contribution in [2.75, 3.05) is 39.6 Å². The van der Waals surface area contributed by atoms with Crippen LogP contribution < -0.4 is 0 Å². The predicted octanol–water partition coefficient (Wildman–Crippen LogP) is 26.4. The fourth-order valence-corrected chi connectivity index (χ4v) is 15.0. The summed E-state index contributed by atoms with van der Waals surface area (Å²) in [5, 5.41) is 10.7. The molecule has 0 radical (unpaired) electrons. The average molecular weight is 1540 g/mol. The summed E-state index contributed by atoms with van der Waals surface area (Å²) in [6, 6.07) is 0. The number of carbonyl (C=O) groups excluding carboxylic acids is 4. The smallest absolute Gasteiger partial charge is 0.462 e. The number of unbranched alkanes of at least 4 members (excludes halogenated alkanes) is 57. The van der Waals surface area contributed by atoms with Gasteiger partial charge in [-0.1, -0.05) is 413 Å². The lowest BCUT2D eigenvalue weighted by Gasteiger charge is -2.21. The highest BCUT2D eigenvalue weighted by molar-refractivity contribution is 7.47. The largest absolute Gasteiger partial charge is 0.472 e. The number of hydrogen-bond donors (Lipinski definition) is 3. The molecule has 0 spiro atoms. The molecule has 0 heterocycles. The van der Waals surface area contributed by atoms with E-state index in [0.29, 0.717) is 25.7 Å². The number of rotatable bonds is 86. The van der Waals surface area contributed by atoms with Crippen molar-refractivity contribution in [3.8, 4) is 0 Å². The van der Waals surface area contributed by atoms with Crippen molar-refractivity contribution in [1.82, 2.24) is 0 Å². The van der Waals surface area contributed by atoms with E-state index in [0.717, 1.165) is 95.8 Å². The minimum Gasteiger partial charge on any atom is -0.462 e. The summed E-state index contributed by atoms with van der Waals surface area (Å²) in [6.45, 7) is 7.40. The zero-order valence-electron chi connectivity index (χ0n) is 68.9. The molecule has 19 heteroatoms. The van der Waals surface area contributed by atoms with Crippen molar-refractivity contribution in [1.29, 1.82) is 0 Å². The maximum Gasteiger partial charge on any atom is 0.472 e. The molecule has 0 aromatic heterocycles. The summed E-state index contributed by atoms with van der Waals surface area (Å²) in [4.78, 5) is 73.1. The fraction of sp³-hybridized carbons (Fsp3) is 0.953. The molecule has 3 N–H and O–H groups in total. The Kier molecular flexibility index (Phi) is 77.3. The van der Waals surface area contributed by atoms with Crippen LogP contribution >= 0.6 is 15.6 Å². The summed E-state index contributed by atoms with van der Waals surface area (Å²) in [5.74, 6) is -1.23. The third-order valence-corrected chi connectivity index (χ3v) is 22.5. The van der Waals surface area contributed by atoms with Crippen molar-refractivity contribution in [2.24, 2.45) is 5.92 Å². The molecule has 0 saturated carbocycles. The molecular formula is C86H168O17P2. The minimum atomic E-state index is -4.96. The van der Waals surface area contributed by atoms with Gasteiger partial charge in [0.25, 0.3) is 0 Å². The molecule has 624 valence electrons. The predicted molar refractivity (Wildman–Crippen MR) is 432 cm³/mol. The highest BCUT2D eigenvalue weighted by Gasteiger charge is 2.30. The van der Waals surface area contributed by atoms with E-state index in [2.05, 4.69) is 34.6 Å². The summed E-state index contributed by atoms with van der Waals surface area (Å²) in [6.07, 6.45) is 72.3.